The molecule has 1 aromatic rings. The SMILES string of the molecule is Cc1ccc(S(=O)(=O)N=P(I)(C(C)C)C(C)C)cc1. The minimum absolute atomic E-state index is 0.258. The Balaban J connectivity index is 3.39. The number of sulfonamides is 1. The van der Waals surface area contributed by atoms with Gasteiger partial charge in [-0.3, -0.25) is 0 Å². The molecule has 0 fully saturated rings. The van der Waals surface area contributed by atoms with Crippen LogP contribution in [0.5, 0.6) is 0 Å². The molecule has 0 aromatic heterocycles. The third kappa shape index (κ3) is 4.05. The summed E-state index contributed by atoms with van der Waals surface area (Å²) in [5.74, 6) is 0. The molecule has 6 heteroatoms. The summed E-state index contributed by atoms with van der Waals surface area (Å²) in [6.45, 7) is 10.1. The predicted octanol–water partition coefficient (Wildman–Crippen LogP) is 5.05. The highest BCUT2D eigenvalue weighted by Gasteiger charge is 2.28. The first-order chi connectivity index (χ1) is 8.59. The molecule has 0 saturated heterocycles. The van der Waals surface area contributed by atoms with E-state index in [9.17, 15) is 8.42 Å². The van der Waals surface area contributed by atoms with Crippen molar-refractivity contribution in [3.8, 4) is 0 Å². The van der Waals surface area contributed by atoms with Crippen LogP contribution in [0, 0.1) is 6.92 Å². The van der Waals surface area contributed by atoms with Gasteiger partial charge in [-0.15, -0.1) is 0 Å². The standard InChI is InChI=1S/C13H21INO2PS/c1-10(2)18(14,11(3)4)15-19(16,17)13-8-6-12(5)7-9-13/h6-11H,1-5H3. The number of benzene rings is 1. The van der Waals surface area contributed by atoms with Crippen molar-refractivity contribution in [3.05, 3.63) is 29.8 Å². The first kappa shape index (κ1) is 17.2. The average molecular weight is 413 g/mol. The topological polar surface area (TPSA) is 46.5 Å². The zero-order valence-electron chi connectivity index (χ0n) is 12.0. The van der Waals surface area contributed by atoms with E-state index in [-0.39, 0.29) is 11.3 Å². The summed E-state index contributed by atoms with van der Waals surface area (Å²) in [7, 11) is -3.56. The maximum atomic E-state index is 12.4. The fourth-order valence-corrected chi connectivity index (χ4v) is 8.67. The third-order valence-electron chi connectivity index (χ3n) is 3.00. The molecule has 0 spiro atoms. The molecule has 0 amide bonds. The summed E-state index contributed by atoms with van der Waals surface area (Å²) in [5, 5.41) is 0. The highest BCUT2D eigenvalue weighted by Crippen LogP contribution is 2.66. The van der Waals surface area contributed by atoms with E-state index in [1.165, 1.54) is 0 Å². The largest absolute Gasteiger partial charge is 0.281 e. The number of nitrogens with zero attached hydrogens (tertiary/aromatic N) is 1. The Hall–Kier alpha value is 0.130. The molecule has 0 unspecified atom stereocenters. The van der Waals surface area contributed by atoms with Crippen molar-refractivity contribution in [1.29, 1.82) is 0 Å². The lowest BCUT2D eigenvalue weighted by Gasteiger charge is -2.25. The van der Waals surface area contributed by atoms with E-state index < -0.39 is 14.7 Å². The van der Waals surface area contributed by atoms with Crippen LogP contribution >= 0.6 is 26.7 Å². The predicted molar refractivity (Wildman–Crippen MR) is 92.0 cm³/mol. The number of hydrogen-bond acceptors (Lipinski definition) is 2. The summed E-state index contributed by atoms with van der Waals surface area (Å²) in [5.41, 5.74) is 1.56. The minimum atomic E-state index is -3.56. The van der Waals surface area contributed by atoms with Crippen molar-refractivity contribution >= 4 is 36.8 Å². The van der Waals surface area contributed by atoms with Crippen LogP contribution in [0.2, 0.25) is 0 Å². The Bertz CT molecular complexity index is 580. The number of aryl methyl sites for hydroxylation is 1. The van der Waals surface area contributed by atoms with Crippen LogP contribution < -0.4 is 0 Å². The average Bonchev–Trinajstić information content (AvgIpc) is 2.28. The van der Waals surface area contributed by atoms with Crippen LogP contribution in [0.3, 0.4) is 0 Å². The van der Waals surface area contributed by atoms with Gasteiger partial charge in [-0.2, -0.15) is 12.6 Å². The molecule has 108 valence electrons. The molecule has 0 aliphatic carbocycles. The van der Waals surface area contributed by atoms with Crippen molar-refractivity contribution in [2.75, 3.05) is 0 Å². The van der Waals surface area contributed by atoms with Gasteiger partial charge >= 0.3 is 0 Å². The number of halogens is 1. The van der Waals surface area contributed by atoms with Crippen LogP contribution in [-0.2, 0) is 10.0 Å². The van der Waals surface area contributed by atoms with Gasteiger partial charge in [0.25, 0.3) is 10.0 Å². The minimum Gasteiger partial charge on any atom is -0.199 e. The van der Waals surface area contributed by atoms with Gasteiger partial charge in [0, 0.05) is 0 Å². The Morgan fingerprint density at radius 3 is 1.84 bits per heavy atom. The van der Waals surface area contributed by atoms with Gasteiger partial charge in [0.1, 0.15) is 0 Å². The summed E-state index contributed by atoms with van der Waals surface area (Å²) >= 11 is 2.28. The molecule has 1 aromatic carbocycles. The lowest BCUT2D eigenvalue weighted by Crippen LogP contribution is -2.06. The smallest absolute Gasteiger partial charge is 0.199 e. The second-order valence-electron chi connectivity index (χ2n) is 5.21. The Labute approximate surface area is 129 Å². The third-order valence-corrected chi connectivity index (χ3v) is 16.9. The van der Waals surface area contributed by atoms with Crippen molar-refractivity contribution in [2.45, 2.75) is 50.8 Å². The van der Waals surface area contributed by atoms with Gasteiger partial charge in [-0.05, 0) is 52.4 Å². The first-order valence-electron chi connectivity index (χ1n) is 6.24. The van der Waals surface area contributed by atoms with Crippen molar-refractivity contribution in [1.82, 2.24) is 0 Å². The van der Waals surface area contributed by atoms with Crippen LogP contribution in [0.4, 0.5) is 0 Å². The van der Waals surface area contributed by atoms with Crippen LogP contribution in [0.1, 0.15) is 33.3 Å². The van der Waals surface area contributed by atoms with Crippen molar-refractivity contribution < 1.29 is 8.42 Å². The van der Waals surface area contributed by atoms with E-state index in [1.807, 2.05) is 34.6 Å². The fourth-order valence-electron chi connectivity index (χ4n) is 1.71. The second-order valence-corrected chi connectivity index (χ2v) is 15.3. The number of hydrogen-bond donors (Lipinski definition) is 0. The molecule has 1 rings (SSSR count). The quantitative estimate of drug-likeness (QED) is 0.512. The van der Waals surface area contributed by atoms with Gasteiger partial charge in [0.2, 0.25) is 0 Å². The summed E-state index contributed by atoms with van der Waals surface area (Å²) in [4.78, 5) is 0.292. The van der Waals surface area contributed by atoms with E-state index in [0.717, 1.165) is 5.56 Å². The lowest BCUT2D eigenvalue weighted by molar-refractivity contribution is 0.598. The Morgan fingerprint density at radius 2 is 1.47 bits per heavy atom. The molecule has 0 atom stereocenters. The Kier molecular flexibility index (Phi) is 5.67. The van der Waals surface area contributed by atoms with Gasteiger partial charge in [0.05, 0.1) is 9.59 Å². The highest BCUT2D eigenvalue weighted by atomic mass is 127. The summed E-state index contributed by atoms with van der Waals surface area (Å²) < 4.78 is 27.3. The molecular formula is C13H21INO2PS. The van der Waals surface area contributed by atoms with E-state index in [0.29, 0.717) is 4.90 Å². The summed E-state index contributed by atoms with van der Waals surface area (Å²) in [6, 6.07) is 6.88. The highest BCUT2D eigenvalue weighted by molar-refractivity contribution is 14.2. The van der Waals surface area contributed by atoms with Crippen molar-refractivity contribution in [2.24, 2.45) is 4.15 Å². The van der Waals surface area contributed by atoms with Gasteiger partial charge in [-0.25, -0.2) is 0 Å². The molecule has 0 N–H and O–H groups in total. The molecular weight excluding hydrogens is 392 g/mol. The monoisotopic (exact) mass is 413 g/mol. The molecule has 0 aliphatic heterocycles. The van der Waals surface area contributed by atoms with Crippen LogP contribution in [0.15, 0.2) is 33.3 Å². The fraction of sp³-hybridized carbons (Fsp3) is 0.538. The van der Waals surface area contributed by atoms with Gasteiger partial charge < -0.3 is 0 Å². The normalized spacial score (nSPS) is 13.1. The van der Waals surface area contributed by atoms with Crippen molar-refractivity contribution in [3.63, 3.8) is 0 Å². The molecule has 0 aliphatic rings. The second kappa shape index (κ2) is 6.27. The lowest BCUT2D eigenvalue weighted by atomic mass is 10.2. The van der Waals surface area contributed by atoms with Crippen LogP contribution in [-0.4, -0.2) is 19.7 Å². The molecule has 0 heterocycles. The molecule has 0 saturated carbocycles. The van der Waals surface area contributed by atoms with E-state index in [2.05, 4.69) is 26.2 Å². The first-order valence-corrected chi connectivity index (χ1v) is 12.3. The maximum absolute atomic E-state index is 12.4. The number of rotatable bonds is 4. The Morgan fingerprint density at radius 1 is 1.05 bits per heavy atom. The molecule has 3 nitrogen and oxygen atoms in total. The van der Waals surface area contributed by atoms with E-state index in [4.69, 9.17) is 0 Å². The molecule has 0 bridgehead atoms. The van der Waals surface area contributed by atoms with E-state index >= 15 is 0 Å². The molecule has 19 heavy (non-hydrogen) atoms. The van der Waals surface area contributed by atoms with Gasteiger partial charge in [0.15, 0.2) is 0 Å². The van der Waals surface area contributed by atoms with Gasteiger partial charge in [-0.1, -0.05) is 45.4 Å². The zero-order valence-corrected chi connectivity index (χ0v) is 15.8. The maximum Gasteiger partial charge on any atom is 0.281 e. The summed E-state index contributed by atoms with van der Waals surface area (Å²) in [6.07, 6.45) is 0. The zero-order chi connectivity index (χ0) is 14.8. The van der Waals surface area contributed by atoms with Crippen LogP contribution in [0.25, 0.3) is 0 Å². The van der Waals surface area contributed by atoms with E-state index in [1.54, 1.807) is 24.3 Å². The molecule has 0 radical (unpaired) electrons.